The Morgan fingerprint density at radius 1 is 1.18 bits per heavy atom. The van der Waals surface area contributed by atoms with Crippen LogP contribution >= 0.6 is 0 Å². The molecule has 0 bridgehead atoms. The van der Waals surface area contributed by atoms with Gasteiger partial charge in [0.25, 0.3) is 0 Å². The largest absolute Gasteiger partial charge is 0.503 e. The van der Waals surface area contributed by atoms with Crippen molar-refractivity contribution in [2.75, 3.05) is 0 Å². The van der Waals surface area contributed by atoms with Gasteiger partial charge in [0.05, 0.1) is 0 Å². The van der Waals surface area contributed by atoms with Crippen LogP contribution in [0.4, 0.5) is 8.78 Å². The molecule has 2 N–H and O–H groups in total. The predicted molar refractivity (Wildman–Crippen MR) is 63.8 cm³/mol. The minimum atomic E-state index is -0.918. The number of benzene rings is 1. The fourth-order valence-electron chi connectivity index (χ4n) is 1.80. The summed E-state index contributed by atoms with van der Waals surface area (Å²) in [5.41, 5.74) is 0.494. The van der Waals surface area contributed by atoms with Gasteiger partial charge >= 0.3 is 0 Å². The Labute approximate surface area is 101 Å². The fourth-order valence-corrected chi connectivity index (χ4v) is 1.80. The zero-order chi connectivity index (χ0) is 13.0. The number of aromatic hydroxyl groups is 1. The lowest BCUT2D eigenvalue weighted by Crippen LogP contribution is -2.26. The van der Waals surface area contributed by atoms with Gasteiger partial charge in [0.2, 0.25) is 0 Å². The van der Waals surface area contributed by atoms with Crippen LogP contribution in [0.5, 0.6) is 5.75 Å². The SMILES string of the molecule is CC(C)CC(C)NCc1cc(F)c(O)c(F)c1. The van der Waals surface area contributed by atoms with Crippen LogP contribution in [0.1, 0.15) is 32.8 Å². The third-order valence-corrected chi connectivity index (χ3v) is 2.56. The molecule has 0 fully saturated rings. The molecule has 0 saturated heterocycles. The summed E-state index contributed by atoms with van der Waals surface area (Å²) in [6.45, 7) is 6.67. The first-order valence-corrected chi connectivity index (χ1v) is 5.80. The van der Waals surface area contributed by atoms with Crippen molar-refractivity contribution in [3.05, 3.63) is 29.3 Å². The van der Waals surface area contributed by atoms with Gasteiger partial charge in [0.15, 0.2) is 17.4 Å². The van der Waals surface area contributed by atoms with Gasteiger partial charge < -0.3 is 10.4 Å². The minimum Gasteiger partial charge on any atom is -0.503 e. The van der Waals surface area contributed by atoms with E-state index in [1.807, 2.05) is 6.92 Å². The molecule has 1 aromatic carbocycles. The minimum absolute atomic E-state index is 0.287. The van der Waals surface area contributed by atoms with Crippen molar-refractivity contribution in [1.82, 2.24) is 5.32 Å². The normalized spacial score (nSPS) is 13.1. The van der Waals surface area contributed by atoms with E-state index in [0.29, 0.717) is 18.0 Å². The van der Waals surface area contributed by atoms with E-state index in [-0.39, 0.29) is 6.04 Å². The van der Waals surface area contributed by atoms with Crippen LogP contribution in [-0.4, -0.2) is 11.1 Å². The van der Waals surface area contributed by atoms with Gasteiger partial charge in [-0.15, -0.1) is 0 Å². The van der Waals surface area contributed by atoms with Crippen molar-refractivity contribution in [3.8, 4) is 5.75 Å². The highest BCUT2D eigenvalue weighted by Gasteiger charge is 2.10. The molecule has 0 aliphatic rings. The lowest BCUT2D eigenvalue weighted by atomic mass is 10.0. The molecule has 0 radical (unpaired) electrons. The van der Waals surface area contributed by atoms with E-state index in [2.05, 4.69) is 19.2 Å². The standard InChI is InChI=1S/C13H19F2NO/c1-8(2)4-9(3)16-7-10-5-11(14)13(17)12(15)6-10/h5-6,8-9,16-17H,4,7H2,1-3H3. The second-order valence-corrected chi connectivity index (χ2v) is 4.82. The summed E-state index contributed by atoms with van der Waals surface area (Å²) in [5.74, 6) is -2.17. The molecule has 0 aromatic heterocycles. The summed E-state index contributed by atoms with van der Waals surface area (Å²) in [4.78, 5) is 0. The number of nitrogens with one attached hydrogen (secondary N) is 1. The Kier molecular flexibility index (Phi) is 4.87. The van der Waals surface area contributed by atoms with Crippen molar-refractivity contribution < 1.29 is 13.9 Å². The fraction of sp³-hybridized carbons (Fsp3) is 0.538. The van der Waals surface area contributed by atoms with Gasteiger partial charge in [-0.3, -0.25) is 0 Å². The van der Waals surface area contributed by atoms with Crippen molar-refractivity contribution in [2.24, 2.45) is 5.92 Å². The quantitative estimate of drug-likeness (QED) is 0.832. The third kappa shape index (κ3) is 4.30. The zero-order valence-corrected chi connectivity index (χ0v) is 10.4. The molecule has 4 heteroatoms. The molecule has 1 unspecified atom stereocenters. The first kappa shape index (κ1) is 13.9. The Morgan fingerprint density at radius 2 is 1.71 bits per heavy atom. The number of phenols is 1. The van der Waals surface area contributed by atoms with E-state index in [1.165, 1.54) is 0 Å². The van der Waals surface area contributed by atoms with Gasteiger partial charge in [0.1, 0.15) is 0 Å². The van der Waals surface area contributed by atoms with Crippen molar-refractivity contribution >= 4 is 0 Å². The Hall–Kier alpha value is -1.16. The monoisotopic (exact) mass is 243 g/mol. The summed E-state index contributed by atoms with van der Waals surface area (Å²) in [7, 11) is 0. The van der Waals surface area contributed by atoms with E-state index in [0.717, 1.165) is 18.6 Å². The van der Waals surface area contributed by atoms with Gasteiger partial charge in [0, 0.05) is 12.6 Å². The molecule has 1 aromatic rings. The van der Waals surface area contributed by atoms with Gasteiger partial charge in [-0.25, -0.2) is 8.78 Å². The molecular weight excluding hydrogens is 224 g/mol. The summed E-state index contributed by atoms with van der Waals surface area (Å²) < 4.78 is 26.1. The molecule has 0 heterocycles. The van der Waals surface area contributed by atoms with E-state index < -0.39 is 17.4 Å². The third-order valence-electron chi connectivity index (χ3n) is 2.56. The van der Waals surface area contributed by atoms with Crippen molar-refractivity contribution in [1.29, 1.82) is 0 Å². The first-order valence-electron chi connectivity index (χ1n) is 5.80. The van der Waals surface area contributed by atoms with Gasteiger partial charge in [-0.2, -0.15) is 0 Å². The molecule has 96 valence electrons. The summed E-state index contributed by atoms with van der Waals surface area (Å²) in [6.07, 6.45) is 1.00. The van der Waals surface area contributed by atoms with Crippen LogP contribution in [0, 0.1) is 17.6 Å². The van der Waals surface area contributed by atoms with Crippen LogP contribution in [-0.2, 0) is 6.54 Å². The molecule has 0 saturated carbocycles. The maximum atomic E-state index is 13.1. The molecular formula is C13H19F2NO. The summed E-state index contributed by atoms with van der Waals surface area (Å²) in [6, 6.07) is 2.58. The molecule has 2 nitrogen and oxygen atoms in total. The highest BCUT2D eigenvalue weighted by Crippen LogP contribution is 2.21. The molecule has 0 aliphatic heterocycles. The van der Waals surface area contributed by atoms with E-state index >= 15 is 0 Å². The highest BCUT2D eigenvalue weighted by atomic mass is 19.1. The average Bonchev–Trinajstić information content (AvgIpc) is 2.22. The van der Waals surface area contributed by atoms with E-state index in [1.54, 1.807) is 0 Å². The van der Waals surface area contributed by atoms with Gasteiger partial charge in [-0.05, 0) is 37.0 Å². The molecule has 1 rings (SSSR count). The average molecular weight is 243 g/mol. The second-order valence-electron chi connectivity index (χ2n) is 4.82. The number of phenolic OH excluding ortho intramolecular Hbond substituents is 1. The van der Waals surface area contributed by atoms with Crippen LogP contribution in [0.3, 0.4) is 0 Å². The first-order chi connectivity index (χ1) is 7.90. The highest BCUT2D eigenvalue weighted by molar-refractivity contribution is 5.29. The Bertz CT molecular complexity index is 357. The maximum Gasteiger partial charge on any atom is 0.187 e. The van der Waals surface area contributed by atoms with Crippen LogP contribution < -0.4 is 5.32 Å². The summed E-state index contributed by atoms with van der Waals surface area (Å²) >= 11 is 0. The van der Waals surface area contributed by atoms with Crippen molar-refractivity contribution in [3.63, 3.8) is 0 Å². The van der Waals surface area contributed by atoms with E-state index in [4.69, 9.17) is 5.11 Å². The number of halogens is 2. The molecule has 0 spiro atoms. The molecule has 0 aliphatic carbocycles. The smallest absolute Gasteiger partial charge is 0.187 e. The molecule has 1 atom stereocenters. The lowest BCUT2D eigenvalue weighted by molar-refractivity contribution is 0.393. The maximum absolute atomic E-state index is 13.1. The summed E-state index contributed by atoms with van der Waals surface area (Å²) in [5, 5.41) is 12.1. The molecule has 0 amide bonds. The topological polar surface area (TPSA) is 32.3 Å². The second kappa shape index (κ2) is 5.96. The molecule has 17 heavy (non-hydrogen) atoms. The van der Waals surface area contributed by atoms with Crippen LogP contribution in [0.2, 0.25) is 0 Å². The number of hydrogen-bond acceptors (Lipinski definition) is 2. The Balaban J connectivity index is 2.58. The van der Waals surface area contributed by atoms with Crippen LogP contribution in [0.15, 0.2) is 12.1 Å². The number of hydrogen-bond donors (Lipinski definition) is 2. The lowest BCUT2D eigenvalue weighted by Gasteiger charge is -2.16. The van der Waals surface area contributed by atoms with Crippen molar-refractivity contribution in [2.45, 2.75) is 39.8 Å². The van der Waals surface area contributed by atoms with Gasteiger partial charge in [-0.1, -0.05) is 13.8 Å². The zero-order valence-electron chi connectivity index (χ0n) is 10.4. The van der Waals surface area contributed by atoms with Crippen LogP contribution in [0.25, 0.3) is 0 Å². The van der Waals surface area contributed by atoms with E-state index in [9.17, 15) is 8.78 Å². The Morgan fingerprint density at radius 3 is 2.18 bits per heavy atom. The predicted octanol–water partition coefficient (Wildman–Crippen LogP) is 3.19. The number of rotatable bonds is 5.